The maximum atomic E-state index is 11.8. The third-order valence-electron chi connectivity index (χ3n) is 3.78. The summed E-state index contributed by atoms with van der Waals surface area (Å²) in [6.45, 7) is 3.95. The van der Waals surface area contributed by atoms with Crippen molar-refractivity contribution in [2.45, 2.75) is 31.1 Å². The van der Waals surface area contributed by atoms with Gasteiger partial charge in [0.2, 0.25) is 0 Å². The van der Waals surface area contributed by atoms with Gasteiger partial charge in [0.25, 0.3) is 0 Å². The van der Waals surface area contributed by atoms with Gasteiger partial charge in [-0.2, -0.15) is 0 Å². The lowest BCUT2D eigenvalue weighted by molar-refractivity contribution is 0.348. The van der Waals surface area contributed by atoms with Crippen LogP contribution >= 0.6 is 0 Å². The minimum absolute atomic E-state index is 0.597. The Morgan fingerprint density at radius 1 is 1.39 bits per heavy atom. The SMILES string of the molecule is CC(C)(C(N)c1cccc2c1OCC2)S(C)(=O)=O. The average molecular weight is 269 g/mol. The van der Waals surface area contributed by atoms with E-state index in [0.29, 0.717) is 6.61 Å². The number of rotatable bonds is 3. The summed E-state index contributed by atoms with van der Waals surface area (Å²) < 4.78 is 28.3. The zero-order valence-electron chi connectivity index (χ0n) is 10.9. The minimum Gasteiger partial charge on any atom is -0.493 e. The van der Waals surface area contributed by atoms with Gasteiger partial charge in [0.05, 0.1) is 17.4 Å². The molecule has 2 N–H and O–H groups in total. The summed E-state index contributed by atoms with van der Waals surface area (Å²) in [6, 6.07) is 5.15. The monoisotopic (exact) mass is 269 g/mol. The van der Waals surface area contributed by atoms with Gasteiger partial charge >= 0.3 is 0 Å². The highest BCUT2D eigenvalue weighted by atomic mass is 32.2. The normalized spacial score (nSPS) is 17.1. The lowest BCUT2D eigenvalue weighted by Gasteiger charge is -2.30. The molecular formula is C13H19NO3S. The number of benzene rings is 1. The highest BCUT2D eigenvalue weighted by Gasteiger charge is 2.39. The van der Waals surface area contributed by atoms with Crippen LogP contribution in [-0.4, -0.2) is 26.0 Å². The fraction of sp³-hybridized carbons (Fsp3) is 0.538. The number of fused-ring (bicyclic) bond motifs is 1. The summed E-state index contributed by atoms with van der Waals surface area (Å²) in [5, 5.41) is 0. The van der Waals surface area contributed by atoms with E-state index in [4.69, 9.17) is 10.5 Å². The molecule has 0 fully saturated rings. The van der Waals surface area contributed by atoms with Crippen LogP contribution in [0.1, 0.15) is 31.0 Å². The molecule has 0 spiro atoms. The van der Waals surface area contributed by atoms with Crippen LogP contribution in [-0.2, 0) is 16.3 Å². The second-order valence-corrected chi connectivity index (χ2v) is 7.88. The van der Waals surface area contributed by atoms with Crippen LogP contribution in [0.4, 0.5) is 0 Å². The van der Waals surface area contributed by atoms with E-state index in [-0.39, 0.29) is 0 Å². The van der Waals surface area contributed by atoms with Gasteiger partial charge in [0, 0.05) is 18.2 Å². The van der Waals surface area contributed by atoms with E-state index in [2.05, 4.69) is 0 Å². The summed E-state index contributed by atoms with van der Waals surface area (Å²) in [4.78, 5) is 0. The number of para-hydroxylation sites is 1. The molecule has 0 amide bonds. The molecule has 1 aromatic carbocycles. The first kappa shape index (κ1) is 13.4. The number of sulfone groups is 1. The molecule has 18 heavy (non-hydrogen) atoms. The molecule has 1 unspecified atom stereocenters. The molecule has 100 valence electrons. The Labute approximate surface area is 108 Å². The van der Waals surface area contributed by atoms with Crippen molar-refractivity contribution >= 4 is 9.84 Å². The summed E-state index contributed by atoms with van der Waals surface area (Å²) >= 11 is 0. The molecule has 0 aliphatic carbocycles. The Morgan fingerprint density at radius 2 is 2.06 bits per heavy atom. The van der Waals surface area contributed by atoms with Crippen LogP contribution in [0.2, 0.25) is 0 Å². The van der Waals surface area contributed by atoms with E-state index in [1.54, 1.807) is 13.8 Å². The molecule has 1 aliphatic rings. The molecular weight excluding hydrogens is 250 g/mol. The van der Waals surface area contributed by atoms with Gasteiger partial charge in [0.1, 0.15) is 5.75 Å². The smallest absolute Gasteiger partial charge is 0.154 e. The Bertz CT molecular complexity index is 564. The highest BCUT2D eigenvalue weighted by Crippen LogP contribution is 2.38. The molecule has 0 saturated heterocycles. The van der Waals surface area contributed by atoms with Crippen molar-refractivity contribution in [3.63, 3.8) is 0 Å². The average Bonchev–Trinajstić information content (AvgIpc) is 2.73. The number of hydrogen-bond acceptors (Lipinski definition) is 4. The van der Waals surface area contributed by atoms with Gasteiger partial charge in [-0.15, -0.1) is 0 Å². The van der Waals surface area contributed by atoms with E-state index in [0.717, 1.165) is 23.3 Å². The van der Waals surface area contributed by atoms with Gasteiger partial charge in [-0.1, -0.05) is 18.2 Å². The molecule has 5 heteroatoms. The maximum absolute atomic E-state index is 11.8. The van der Waals surface area contributed by atoms with Crippen molar-refractivity contribution in [2.24, 2.45) is 5.73 Å². The third-order valence-corrected chi connectivity index (χ3v) is 5.95. The Morgan fingerprint density at radius 3 is 2.67 bits per heavy atom. The van der Waals surface area contributed by atoms with Gasteiger partial charge in [-0.25, -0.2) is 8.42 Å². The molecule has 1 heterocycles. The molecule has 0 saturated carbocycles. The van der Waals surface area contributed by atoms with Crippen molar-refractivity contribution in [1.82, 2.24) is 0 Å². The van der Waals surface area contributed by atoms with Crippen LogP contribution in [0, 0.1) is 0 Å². The third kappa shape index (κ3) is 2.01. The summed E-state index contributed by atoms with van der Waals surface area (Å²) in [7, 11) is -3.25. The van der Waals surface area contributed by atoms with Crippen LogP contribution in [0.15, 0.2) is 18.2 Å². The number of nitrogens with two attached hydrogens (primary N) is 1. The maximum Gasteiger partial charge on any atom is 0.154 e. The molecule has 1 atom stereocenters. The second-order valence-electron chi connectivity index (χ2n) is 5.29. The van der Waals surface area contributed by atoms with Crippen molar-refractivity contribution in [3.8, 4) is 5.75 Å². The zero-order valence-corrected chi connectivity index (χ0v) is 11.8. The van der Waals surface area contributed by atoms with E-state index in [1.165, 1.54) is 6.26 Å². The fourth-order valence-corrected chi connectivity index (χ4v) is 2.68. The van der Waals surface area contributed by atoms with Gasteiger partial charge in [0.15, 0.2) is 9.84 Å². The van der Waals surface area contributed by atoms with E-state index < -0.39 is 20.6 Å². The fourth-order valence-electron chi connectivity index (χ4n) is 2.09. The minimum atomic E-state index is -3.25. The molecule has 2 rings (SSSR count). The van der Waals surface area contributed by atoms with Crippen molar-refractivity contribution in [1.29, 1.82) is 0 Å². The molecule has 1 aromatic rings. The van der Waals surface area contributed by atoms with Gasteiger partial charge in [-0.3, -0.25) is 0 Å². The van der Waals surface area contributed by atoms with Crippen molar-refractivity contribution in [3.05, 3.63) is 29.3 Å². The molecule has 0 bridgehead atoms. The lowest BCUT2D eigenvalue weighted by atomic mass is 9.93. The Balaban J connectivity index is 2.48. The van der Waals surface area contributed by atoms with Crippen molar-refractivity contribution < 1.29 is 13.2 Å². The standard InChI is InChI=1S/C13H19NO3S/c1-13(2,18(3,15)16)12(14)10-6-4-5-9-7-8-17-11(9)10/h4-6,12H,7-8,14H2,1-3H3. The van der Waals surface area contributed by atoms with Gasteiger partial charge in [-0.05, 0) is 19.4 Å². The first-order chi connectivity index (χ1) is 8.25. The molecule has 1 aliphatic heterocycles. The number of hydrogen-bond donors (Lipinski definition) is 1. The zero-order chi connectivity index (χ0) is 13.6. The number of ether oxygens (including phenoxy) is 1. The van der Waals surface area contributed by atoms with Crippen LogP contribution < -0.4 is 10.5 Å². The second kappa shape index (κ2) is 4.24. The first-order valence-corrected chi connectivity index (χ1v) is 7.84. The topological polar surface area (TPSA) is 69.4 Å². The van der Waals surface area contributed by atoms with E-state index in [1.807, 2.05) is 18.2 Å². The van der Waals surface area contributed by atoms with E-state index in [9.17, 15) is 8.42 Å². The first-order valence-electron chi connectivity index (χ1n) is 5.95. The summed E-state index contributed by atoms with van der Waals surface area (Å²) in [6.07, 6.45) is 2.08. The summed E-state index contributed by atoms with van der Waals surface area (Å²) in [5.41, 5.74) is 8.05. The largest absolute Gasteiger partial charge is 0.493 e. The van der Waals surface area contributed by atoms with Crippen LogP contribution in [0.3, 0.4) is 0 Å². The lowest BCUT2D eigenvalue weighted by Crippen LogP contribution is -2.42. The highest BCUT2D eigenvalue weighted by molar-refractivity contribution is 7.92. The quantitative estimate of drug-likeness (QED) is 0.901. The molecule has 0 radical (unpaired) electrons. The predicted molar refractivity (Wildman–Crippen MR) is 71.5 cm³/mol. The summed E-state index contributed by atoms with van der Waals surface area (Å²) in [5.74, 6) is 0.765. The Kier molecular flexibility index (Phi) is 3.15. The van der Waals surface area contributed by atoms with Gasteiger partial charge < -0.3 is 10.5 Å². The van der Waals surface area contributed by atoms with Crippen molar-refractivity contribution in [2.75, 3.05) is 12.9 Å². The predicted octanol–water partition coefficient (Wildman–Crippen LogP) is 1.44. The van der Waals surface area contributed by atoms with Crippen LogP contribution in [0.5, 0.6) is 5.75 Å². The molecule has 4 nitrogen and oxygen atoms in total. The van der Waals surface area contributed by atoms with Crippen LogP contribution in [0.25, 0.3) is 0 Å². The Hall–Kier alpha value is -1.07. The molecule has 0 aromatic heterocycles. The van der Waals surface area contributed by atoms with E-state index >= 15 is 0 Å².